The van der Waals surface area contributed by atoms with E-state index in [-0.39, 0.29) is 0 Å². The molecule has 0 bridgehead atoms. The fraction of sp³-hybridized carbons (Fsp3) is 0.700. The molecule has 1 aliphatic rings. The maximum absolute atomic E-state index is 4.40. The zero-order chi connectivity index (χ0) is 9.19. The molecule has 0 saturated heterocycles. The summed E-state index contributed by atoms with van der Waals surface area (Å²) in [5.41, 5.74) is 1.58. The normalized spacial score (nSPS) is 24.5. The minimum absolute atomic E-state index is 0.392. The topological polar surface area (TPSA) is 15.6 Å². The highest BCUT2D eigenvalue weighted by molar-refractivity contribution is 5.95. The van der Waals surface area contributed by atoms with E-state index in [1.54, 1.807) is 0 Å². The van der Waals surface area contributed by atoms with Gasteiger partial charge in [-0.2, -0.15) is 5.10 Å². The van der Waals surface area contributed by atoms with E-state index < -0.39 is 0 Å². The smallest absolute Gasteiger partial charge is 0.0607 e. The SMILES string of the molecule is CN(C)/N=C1\C=CCC(C)(C)C1. The van der Waals surface area contributed by atoms with Gasteiger partial charge in [0.25, 0.3) is 0 Å². The Morgan fingerprint density at radius 1 is 1.42 bits per heavy atom. The second-order valence-electron chi connectivity index (χ2n) is 4.39. The molecule has 1 rings (SSSR count). The molecule has 0 radical (unpaired) electrons. The third kappa shape index (κ3) is 2.68. The van der Waals surface area contributed by atoms with E-state index in [4.69, 9.17) is 0 Å². The number of hydrogen-bond donors (Lipinski definition) is 0. The second-order valence-corrected chi connectivity index (χ2v) is 4.39. The minimum Gasteiger partial charge on any atom is -0.303 e. The van der Waals surface area contributed by atoms with Crippen molar-refractivity contribution in [2.45, 2.75) is 26.7 Å². The van der Waals surface area contributed by atoms with E-state index in [0.29, 0.717) is 5.41 Å². The number of hydrazone groups is 1. The molecule has 0 amide bonds. The molecule has 2 nitrogen and oxygen atoms in total. The van der Waals surface area contributed by atoms with Crippen molar-refractivity contribution in [1.29, 1.82) is 0 Å². The van der Waals surface area contributed by atoms with Gasteiger partial charge < -0.3 is 5.01 Å². The molecular formula is C10H18N2. The van der Waals surface area contributed by atoms with Gasteiger partial charge in [0, 0.05) is 14.1 Å². The fourth-order valence-corrected chi connectivity index (χ4v) is 1.46. The summed E-state index contributed by atoms with van der Waals surface area (Å²) in [6, 6.07) is 0. The molecule has 0 aromatic rings. The van der Waals surface area contributed by atoms with Gasteiger partial charge in [-0.3, -0.25) is 0 Å². The number of rotatable bonds is 1. The Balaban J connectivity index is 2.70. The van der Waals surface area contributed by atoms with Crippen LogP contribution in [0.1, 0.15) is 26.7 Å². The lowest BCUT2D eigenvalue weighted by atomic mass is 9.80. The Labute approximate surface area is 75.0 Å². The standard InChI is InChI=1S/C10H18N2/c1-10(2)7-5-6-9(8-10)11-12(3)4/h5-6H,7-8H2,1-4H3/b11-9+. The Morgan fingerprint density at radius 2 is 2.08 bits per heavy atom. The largest absolute Gasteiger partial charge is 0.303 e. The van der Waals surface area contributed by atoms with Crippen molar-refractivity contribution < 1.29 is 0 Å². The van der Waals surface area contributed by atoms with Crippen LogP contribution in [0.4, 0.5) is 0 Å². The van der Waals surface area contributed by atoms with E-state index in [9.17, 15) is 0 Å². The molecule has 12 heavy (non-hydrogen) atoms. The van der Waals surface area contributed by atoms with Crippen molar-refractivity contribution in [2.75, 3.05) is 14.1 Å². The van der Waals surface area contributed by atoms with Gasteiger partial charge in [-0.1, -0.05) is 19.9 Å². The average Bonchev–Trinajstić information content (AvgIpc) is 1.82. The predicted molar refractivity (Wildman–Crippen MR) is 53.3 cm³/mol. The minimum atomic E-state index is 0.392. The molecular weight excluding hydrogens is 148 g/mol. The maximum atomic E-state index is 4.40. The predicted octanol–water partition coefficient (Wildman–Crippen LogP) is 2.28. The van der Waals surface area contributed by atoms with Crippen molar-refractivity contribution in [1.82, 2.24) is 5.01 Å². The highest BCUT2D eigenvalue weighted by Crippen LogP contribution is 2.29. The van der Waals surface area contributed by atoms with Crippen LogP contribution in [0.25, 0.3) is 0 Å². The molecule has 0 fully saturated rings. The van der Waals surface area contributed by atoms with Gasteiger partial charge in [0.1, 0.15) is 0 Å². The van der Waals surface area contributed by atoms with Crippen molar-refractivity contribution in [3.05, 3.63) is 12.2 Å². The zero-order valence-electron chi connectivity index (χ0n) is 8.46. The van der Waals surface area contributed by atoms with E-state index in [1.165, 1.54) is 12.1 Å². The van der Waals surface area contributed by atoms with E-state index in [1.807, 2.05) is 19.1 Å². The first-order valence-electron chi connectivity index (χ1n) is 4.41. The monoisotopic (exact) mass is 166 g/mol. The molecule has 0 atom stereocenters. The lowest BCUT2D eigenvalue weighted by Crippen LogP contribution is -2.20. The van der Waals surface area contributed by atoms with Gasteiger partial charge in [-0.25, -0.2) is 0 Å². The van der Waals surface area contributed by atoms with Crippen molar-refractivity contribution in [3.63, 3.8) is 0 Å². The third-order valence-corrected chi connectivity index (χ3v) is 1.97. The van der Waals surface area contributed by atoms with Crippen LogP contribution in [0.5, 0.6) is 0 Å². The van der Waals surface area contributed by atoms with Crippen LogP contribution >= 0.6 is 0 Å². The Kier molecular flexibility index (Phi) is 2.55. The summed E-state index contributed by atoms with van der Waals surface area (Å²) in [7, 11) is 3.92. The Hall–Kier alpha value is -0.790. The third-order valence-electron chi connectivity index (χ3n) is 1.97. The highest BCUT2D eigenvalue weighted by Gasteiger charge is 2.21. The van der Waals surface area contributed by atoms with Crippen LogP contribution in [0, 0.1) is 5.41 Å². The lowest BCUT2D eigenvalue weighted by molar-refractivity contribution is 0.374. The molecule has 1 aliphatic carbocycles. The molecule has 0 aromatic carbocycles. The van der Waals surface area contributed by atoms with Crippen LogP contribution in [-0.4, -0.2) is 24.8 Å². The summed E-state index contributed by atoms with van der Waals surface area (Å²) in [4.78, 5) is 0. The molecule has 0 heterocycles. The molecule has 0 N–H and O–H groups in total. The Morgan fingerprint density at radius 3 is 2.58 bits per heavy atom. The molecule has 0 spiro atoms. The van der Waals surface area contributed by atoms with Crippen LogP contribution in [0.15, 0.2) is 17.3 Å². The van der Waals surface area contributed by atoms with Gasteiger partial charge in [0.15, 0.2) is 0 Å². The molecule has 0 aromatic heterocycles. The average molecular weight is 166 g/mol. The highest BCUT2D eigenvalue weighted by atomic mass is 15.4. The molecule has 0 unspecified atom stereocenters. The summed E-state index contributed by atoms with van der Waals surface area (Å²) in [6.07, 6.45) is 6.60. The lowest BCUT2D eigenvalue weighted by Gasteiger charge is -2.26. The van der Waals surface area contributed by atoms with Crippen LogP contribution in [-0.2, 0) is 0 Å². The fourth-order valence-electron chi connectivity index (χ4n) is 1.46. The van der Waals surface area contributed by atoms with Crippen LogP contribution < -0.4 is 0 Å². The first-order valence-corrected chi connectivity index (χ1v) is 4.41. The van der Waals surface area contributed by atoms with Gasteiger partial charge in [-0.05, 0) is 24.3 Å². The molecule has 0 saturated carbocycles. The number of hydrogen-bond acceptors (Lipinski definition) is 2. The van der Waals surface area contributed by atoms with E-state index >= 15 is 0 Å². The van der Waals surface area contributed by atoms with Crippen LogP contribution in [0.2, 0.25) is 0 Å². The van der Waals surface area contributed by atoms with Crippen molar-refractivity contribution in [3.8, 4) is 0 Å². The summed E-state index contributed by atoms with van der Waals surface area (Å²) in [6.45, 7) is 4.56. The van der Waals surface area contributed by atoms with Crippen LogP contribution in [0.3, 0.4) is 0 Å². The van der Waals surface area contributed by atoms with Gasteiger partial charge in [0.2, 0.25) is 0 Å². The van der Waals surface area contributed by atoms with Crippen molar-refractivity contribution >= 4 is 5.71 Å². The quantitative estimate of drug-likeness (QED) is 0.546. The first kappa shape index (κ1) is 9.30. The Bertz CT molecular complexity index is 212. The molecule has 0 aliphatic heterocycles. The number of allylic oxidation sites excluding steroid dienone is 2. The van der Waals surface area contributed by atoms with Gasteiger partial charge >= 0.3 is 0 Å². The van der Waals surface area contributed by atoms with Gasteiger partial charge in [0.05, 0.1) is 5.71 Å². The second kappa shape index (κ2) is 3.30. The number of nitrogens with zero attached hydrogens (tertiary/aromatic N) is 2. The first-order chi connectivity index (χ1) is 5.49. The summed E-state index contributed by atoms with van der Waals surface area (Å²) >= 11 is 0. The summed E-state index contributed by atoms with van der Waals surface area (Å²) < 4.78 is 0. The molecule has 68 valence electrons. The maximum Gasteiger partial charge on any atom is 0.0607 e. The zero-order valence-corrected chi connectivity index (χ0v) is 8.46. The van der Waals surface area contributed by atoms with Gasteiger partial charge in [-0.15, -0.1) is 0 Å². The van der Waals surface area contributed by atoms with E-state index in [2.05, 4.69) is 31.1 Å². The summed E-state index contributed by atoms with van der Waals surface area (Å²) in [5.74, 6) is 0. The summed E-state index contributed by atoms with van der Waals surface area (Å²) in [5, 5.41) is 6.26. The molecule has 2 heteroatoms. The van der Waals surface area contributed by atoms with E-state index in [0.717, 1.165) is 6.42 Å². The van der Waals surface area contributed by atoms with Crippen molar-refractivity contribution in [2.24, 2.45) is 10.5 Å².